The van der Waals surface area contributed by atoms with Crippen molar-refractivity contribution in [2.24, 2.45) is 11.8 Å². The van der Waals surface area contributed by atoms with Crippen LogP contribution in [0.2, 0.25) is 0 Å². The summed E-state index contributed by atoms with van der Waals surface area (Å²) in [6.07, 6.45) is 0.861. The summed E-state index contributed by atoms with van der Waals surface area (Å²) in [5.41, 5.74) is 0.0698. The molecule has 4 unspecified atom stereocenters. The maximum absolute atomic E-state index is 11.2. The van der Waals surface area contributed by atoms with Gasteiger partial charge in [-0.25, -0.2) is 0 Å². The molecule has 1 saturated carbocycles. The summed E-state index contributed by atoms with van der Waals surface area (Å²) in [5.74, 6) is 0.661. The molecule has 0 radical (unpaired) electrons. The normalized spacial score (nSPS) is 30.6. The van der Waals surface area contributed by atoms with Gasteiger partial charge in [0, 0.05) is 30.0 Å². The van der Waals surface area contributed by atoms with Crippen molar-refractivity contribution in [2.45, 2.75) is 32.0 Å². The van der Waals surface area contributed by atoms with E-state index in [1.807, 2.05) is 4.90 Å². The van der Waals surface area contributed by atoms with Crippen LogP contribution < -0.4 is 4.90 Å². The monoisotopic (exact) mass is 298 g/mol. The molecule has 3 rings (SSSR count). The number of nitrogens with zero attached hydrogens (tertiary/aromatic N) is 2. The van der Waals surface area contributed by atoms with Crippen molar-refractivity contribution in [3.8, 4) is 0 Å². The molecule has 4 atom stereocenters. The lowest BCUT2D eigenvalue weighted by Gasteiger charge is -2.17. The van der Waals surface area contributed by atoms with Crippen LogP contribution in [-0.4, -0.2) is 34.3 Å². The molecule has 110 valence electrons. The van der Waals surface area contributed by atoms with Gasteiger partial charge in [-0.1, -0.05) is 0 Å². The van der Waals surface area contributed by atoms with E-state index in [-0.39, 0.29) is 22.6 Å². The first-order chi connectivity index (χ1) is 9.47. The minimum atomic E-state index is -0.694. The third-order valence-corrected chi connectivity index (χ3v) is 5.78. The van der Waals surface area contributed by atoms with Gasteiger partial charge in [-0.3, -0.25) is 10.1 Å². The molecule has 0 aromatic carbocycles. The Morgan fingerprint density at radius 1 is 1.50 bits per heavy atom. The number of hydrogen-bond donors (Lipinski definition) is 2. The molecule has 2 aliphatic rings. The molecular formula is C13H18N2O4S. The lowest BCUT2D eigenvalue weighted by Crippen LogP contribution is -2.24. The van der Waals surface area contributed by atoms with Crippen molar-refractivity contribution in [1.82, 2.24) is 0 Å². The number of thiophene rings is 1. The Morgan fingerprint density at radius 3 is 2.85 bits per heavy atom. The van der Waals surface area contributed by atoms with Gasteiger partial charge in [-0.2, -0.15) is 0 Å². The Kier molecular flexibility index (Phi) is 3.43. The Bertz CT molecular complexity index is 530. The highest BCUT2D eigenvalue weighted by Crippen LogP contribution is 2.46. The zero-order chi connectivity index (χ0) is 14.4. The van der Waals surface area contributed by atoms with Gasteiger partial charge in [-0.15, -0.1) is 11.3 Å². The maximum Gasteiger partial charge on any atom is 0.304 e. The van der Waals surface area contributed by atoms with Gasteiger partial charge in [0.15, 0.2) is 5.00 Å². The Hall–Kier alpha value is -1.18. The van der Waals surface area contributed by atoms with E-state index in [1.54, 1.807) is 6.92 Å². The molecular weight excluding hydrogens is 280 g/mol. The van der Waals surface area contributed by atoms with Crippen molar-refractivity contribution >= 4 is 22.0 Å². The molecule has 2 fully saturated rings. The molecule has 20 heavy (non-hydrogen) atoms. The summed E-state index contributed by atoms with van der Waals surface area (Å²) in [4.78, 5) is 13.4. The Balaban J connectivity index is 1.89. The molecule has 2 heterocycles. The summed E-state index contributed by atoms with van der Waals surface area (Å²) in [5, 5.41) is 31.4. The number of nitro groups is 1. The summed E-state index contributed by atoms with van der Waals surface area (Å²) in [6.45, 7) is 3.05. The molecule has 1 saturated heterocycles. The molecule has 2 N–H and O–H groups in total. The molecule has 1 aliphatic heterocycles. The van der Waals surface area contributed by atoms with Crippen molar-refractivity contribution in [3.63, 3.8) is 0 Å². The minimum Gasteiger partial charge on any atom is -0.393 e. The lowest BCUT2D eigenvalue weighted by atomic mass is 10.00. The highest BCUT2D eigenvalue weighted by Gasteiger charge is 2.43. The second-order valence-corrected chi connectivity index (χ2v) is 6.81. The van der Waals surface area contributed by atoms with Crippen LogP contribution in [0.1, 0.15) is 30.7 Å². The molecule has 1 aliphatic carbocycles. The van der Waals surface area contributed by atoms with Crippen molar-refractivity contribution in [2.75, 3.05) is 18.0 Å². The van der Waals surface area contributed by atoms with Crippen LogP contribution >= 0.6 is 11.3 Å². The quantitative estimate of drug-likeness (QED) is 0.657. The summed E-state index contributed by atoms with van der Waals surface area (Å²) in [7, 11) is 0. The highest BCUT2D eigenvalue weighted by molar-refractivity contribution is 7.16. The standard InChI is InChI=1S/C13H18N2O4S/c1-7(16)12-4-10(15(18)19)13(20-12)14-5-8-2-3-11(17)9(8)6-14/h4,7-9,11,16-17H,2-3,5-6H2,1H3. The predicted octanol–water partition coefficient (Wildman–Crippen LogP) is 1.92. The van der Waals surface area contributed by atoms with E-state index >= 15 is 0 Å². The molecule has 1 aromatic heterocycles. The number of fused-ring (bicyclic) bond motifs is 1. The zero-order valence-electron chi connectivity index (χ0n) is 11.2. The van der Waals surface area contributed by atoms with Gasteiger partial charge in [-0.05, 0) is 25.7 Å². The number of anilines is 1. The Labute approximate surface area is 120 Å². The third-order valence-electron chi connectivity index (χ3n) is 4.43. The van der Waals surface area contributed by atoms with Crippen molar-refractivity contribution in [3.05, 3.63) is 21.1 Å². The summed E-state index contributed by atoms with van der Waals surface area (Å²) in [6, 6.07) is 1.47. The summed E-state index contributed by atoms with van der Waals surface area (Å²) < 4.78 is 0. The van der Waals surface area contributed by atoms with Crippen LogP contribution in [0.15, 0.2) is 6.07 Å². The van der Waals surface area contributed by atoms with E-state index in [0.29, 0.717) is 22.3 Å². The van der Waals surface area contributed by atoms with Gasteiger partial charge in [0.05, 0.1) is 17.1 Å². The first-order valence-corrected chi connectivity index (χ1v) is 7.68. The fraction of sp³-hybridized carbons (Fsp3) is 0.692. The van der Waals surface area contributed by atoms with E-state index in [2.05, 4.69) is 0 Å². The van der Waals surface area contributed by atoms with Crippen LogP contribution in [0.25, 0.3) is 0 Å². The second kappa shape index (κ2) is 4.98. The van der Waals surface area contributed by atoms with Crippen LogP contribution in [0.3, 0.4) is 0 Å². The first-order valence-electron chi connectivity index (χ1n) is 6.86. The first kappa shape index (κ1) is 13.8. The predicted molar refractivity (Wildman–Crippen MR) is 76.0 cm³/mol. The number of aliphatic hydroxyl groups excluding tert-OH is 2. The lowest BCUT2D eigenvalue weighted by molar-refractivity contribution is -0.383. The van der Waals surface area contributed by atoms with Gasteiger partial charge in [0.25, 0.3) is 0 Å². The minimum absolute atomic E-state index is 0.0698. The zero-order valence-corrected chi connectivity index (χ0v) is 12.0. The molecule has 0 bridgehead atoms. The SMILES string of the molecule is CC(O)c1cc([N+](=O)[O-])c(N2CC3CCC(O)C3C2)s1. The molecule has 0 amide bonds. The van der Waals surface area contributed by atoms with Gasteiger partial charge in [0.2, 0.25) is 0 Å². The molecule has 1 aromatic rings. The van der Waals surface area contributed by atoms with Crippen molar-refractivity contribution < 1.29 is 15.1 Å². The fourth-order valence-corrected chi connectivity index (χ4v) is 4.44. The maximum atomic E-state index is 11.2. The molecule has 7 heteroatoms. The van der Waals surface area contributed by atoms with Gasteiger partial charge < -0.3 is 15.1 Å². The van der Waals surface area contributed by atoms with E-state index in [0.717, 1.165) is 19.4 Å². The van der Waals surface area contributed by atoms with E-state index < -0.39 is 6.10 Å². The van der Waals surface area contributed by atoms with E-state index in [1.165, 1.54) is 17.4 Å². The second-order valence-electron chi connectivity index (χ2n) is 5.75. The number of hydrogen-bond acceptors (Lipinski definition) is 6. The van der Waals surface area contributed by atoms with Crippen LogP contribution in [0.4, 0.5) is 10.7 Å². The molecule has 6 nitrogen and oxygen atoms in total. The Morgan fingerprint density at radius 2 is 2.25 bits per heavy atom. The van der Waals surface area contributed by atoms with Gasteiger partial charge in [0.1, 0.15) is 0 Å². The number of rotatable bonds is 3. The largest absolute Gasteiger partial charge is 0.393 e. The van der Waals surface area contributed by atoms with Crippen LogP contribution in [-0.2, 0) is 0 Å². The topological polar surface area (TPSA) is 86.8 Å². The average Bonchev–Trinajstić information content (AvgIpc) is 3.04. The van der Waals surface area contributed by atoms with Crippen LogP contribution in [0.5, 0.6) is 0 Å². The van der Waals surface area contributed by atoms with Crippen LogP contribution in [0, 0.1) is 22.0 Å². The summed E-state index contributed by atoms with van der Waals surface area (Å²) >= 11 is 1.29. The van der Waals surface area contributed by atoms with E-state index in [4.69, 9.17) is 0 Å². The fourth-order valence-electron chi connectivity index (χ4n) is 3.36. The highest BCUT2D eigenvalue weighted by atomic mass is 32.1. The number of aliphatic hydroxyl groups is 2. The molecule has 0 spiro atoms. The van der Waals surface area contributed by atoms with Crippen molar-refractivity contribution in [1.29, 1.82) is 0 Å². The average molecular weight is 298 g/mol. The van der Waals surface area contributed by atoms with Gasteiger partial charge >= 0.3 is 5.69 Å². The third kappa shape index (κ3) is 2.19. The van der Waals surface area contributed by atoms with E-state index in [9.17, 15) is 20.3 Å². The smallest absolute Gasteiger partial charge is 0.304 e.